The first-order valence-electron chi connectivity index (χ1n) is 13.6. The number of ether oxygens (including phenoxy) is 1. The van der Waals surface area contributed by atoms with Crippen molar-refractivity contribution in [2.24, 2.45) is 5.92 Å². The average molecular weight is 676 g/mol. The van der Waals surface area contributed by atoms with E-state index in [-0.39, 0.29) is 18.7 Å². The summed E-state index contributed by atoms with van der Waals surface area (Å²) < 4.78 is 45.5. The standard InChI is InChI=1S/C22H39N5O15P2/c1-24-6-3-2-4-15(29)26-16-12(8-11(9-28)17(30)19(16)32)41-44(37,38)42-43(35,36)39-10-13-18(31)20(33)21(40-13)27-7-5-14(23)25-22(27)34/h5,7,11-13,16-21,24,28,30-33H,2-4,6,8-10H2,1H3,(H,26,29)(H,35,36)(H,37,38)(H2,23,25,34)/t11?,12-,13?,16?,17-,18?,19+,20?,21?/m0/s1. The molecule has 44 heavy (non-hydrogen) atoms. The molecule has 1 amide bonds. The Labute approximate surface area is 251 Å². The van der Waals surface area contributed by atoms with Gasteiger partial charge in [-0.3, -0.25) is 18.4 Å². The topological polar surface area (TPSA) is 315 Å². The van der Waals surface area contributed by atoms with Gasteiger partial charge in [0.15, 0.2) is 6.23 Å². The number of nitrogens with two attached hydrogens (primary N) is 1. The van der Waals surface area contributed by atoms with Crippen LogP contribution >= 0.6 is 15.6 Å². The number of hydrogen-bond donors (Lipinski definition) is 10. The molecule has 252 valence electrons. The summed E-state index contributed by atoms with van der Waals surface area (Å²) in [5, 5.41) is 56.4. The lowest BCUT2D eigenvalue weighted by molar-refractivity contribution is -0.134. The van der Waals surface area contributed by atoms with Gasteiger partial charge in [0.25, 0.3) is 0 Å². The molecule has 22 heteroatoms. The van der Waals surface area contributed by atoms with Gasteiger partial charge in [-0.2, -0.15) is 9.29 Å². The molecule has 2 fully saturated rings. The molecule has 8 unspecified atom stereocenters. The van der Waals surface area contributed by atoms with E-state index in [1.807, 2.05) is 0 Å². The van der Waals surface area contributed by atoms with Crippen molar-refractivity contribution in [2.45, 2.75) is 74.6 Å². The van der Waals surface area contributed by atoms with Crippen molar-refractivity contribution < 1.29 is 67.3 Å². The van der Waals surface area contributed by atoms with E-state index < -0.39 is 95.3 Å². The summed E-state index contributed by atoms with van der Waals surface area (Å²) in [6, 6.07) is -0.252. The van der Waals surface area contributed by atoms with Gasteiger partial charge in [-0.05, 0) is 38.9 Å². The lowest BCUT2D eigenvalue weighted by Crippen LogP contribution is -2.61. The predicted octanol–water partition coefficient (Wildman–Crippen LogP) is -3.33. The molecular formula is C22H39N5O15P2. The summed E-state index contributed by atoms with van der Waals surface area (Å²) >= 11 is 0. The Kier molecular flexibility index (Phi) is 13.0. The highest BCUT2D eigenvalue weighted by molar-refractivity contribution is 7.61. The van der Waals surface area contributed by atoms with Crippen LogP contribution < -0.4 is 22.1 Å². The highest BCUT2D eigenvalue weighted by atomic mass is 31.3. The maximum Gasteiger partial charge on any atom is 0.481 e. The molecule has 11 atom stereocenters. The molecule has 1 aromatic rings. The van der Waals surface area contributed by atoms with Gasteiger partial charge in [0.05, 0.1) is 24.9 Å². The first-order chi connectivity index (χ1) is 20.6. The largest absolute Gasteiger partial charge is 0.481 e. The number of unbranched alkanes of at least 4 members (excludes halogenated alkanes) is 1. The second-order valence-corrected chi connectivity index (χ2v) is 13.4. The van der Waals surface area contributed by atoms with Crippen LogP contribution in [0.1, 0.15) is 31.9 Å². The fraction of sp³-hybridized carbons (Fsp3) is 0.773. The summed E-state index contributed by atoms with van der Waals surface area (Å²) in [7, 11) is -9.26. The fourth-order valence-corrected chi connectivity index (χ4v) is 7.12. The Balaban J connectivity index is 1.64. The maximum absolute atomic E-state index is 12.8. The highest BCUT2D eigenvalue weighted by Crippen LogP contribution is 2.61. The molecule has 2 heterocycles. The van der Waals surface area contributed by atoms with Crippen LogP contribution in [0.3, 0.4) is 0 Å². The van der Waals surface area contributed by atoms with E-state index in [9.17, 15) is 54.0 Å². The van der Waals surface area contributed by atoms with E-state index in [1.165, 1.54) is 6.07 Å². The van der Waals surface area contributed by atoms with Crippen molar-refractivity contribution in [3.63, 3.8) is 0 Å². The Bertz CT molecular complexity index is 1270. The number of rotatable bonds is 15. The molecule has 1 saturated carbocycles. The quantitative estimate of drug-likeness (QED) is 0.0642. The minimum atomic E-state index is -5.53. The molecule has 1 aromatic heterocycles. The van der Waals surface area contributed by atoms with Crippen molar-refractivity contribution in [3.8, 4) is 0 Å². The lowest BCUT2D eigenvalue weighted by Gasteiger charge is -2.42. The van der Waals surface area contributed by atoms with Gasteiger partial charge in [0.1, 0.15) is 30.2 Å². The molecule has 0 radical (unpaired) electrons. The fourth-order valence-electron chi connectivity index (χ4n) is 4.84. The van der Waals surface area contributed by atoms with Crippen LogP contribution in [0, 0.1) is 5.92 Å². The first kappa shape index (κ1) is 36.6. The second-order valence-electron chi connectivity index (χ2n) is 10.4. The number of aliphatic hydroxyl groups excluding tert-OH is 5. The van der Waals surface area contributed by atoms with Gasteiger partial charge in [-0.15, -0.1) is 0 Å². The third-order valence-electron chi connectivity index (χ3n) is 7.12. The predicted molar refractivity (Wildman–Crippen MR) is 147 cm³/mol. The zero-order chi connectivity index (χ0) is 32.8. The molecule has 11 N–H and O–H groups in total. The molecule has 1 saturated heterocycles. The number of phosphoric ester groups is 2. The van der Waals surface area contributed by atoms with Crippen LogP contribution in [0.25, 0.3) is 0 Å². The van der Waals surface area contributed by atoms with E-state index >= 15 is 0 Å². The summed E-state index contributed by atoms with van der Waals surface area (Å²) in [4.78, 5) is 48.4. The molecule has 3 rings (SSSR count). The van der Waals surface area contributed by atoms with Crippen LogP contribution in [-0.2, 0) is 32.0 Å². The monoisotopic (exact) mass is 675 g/mol. The van der Waals surface area contributed by atoms with Crippen molar-refractivity contribution >= 4 is 27.4 Å². The number of carbonyl (C=O) groups is 1. The Morgan fingerprint density at radius 2 is 1.84 bits per heavy atom. The van der Waals surface area contributed by atoms with E-state index in [4.69, 9.17) is 15.0 Å². The number of amides is 1. The molecule has 1 aliphatic heterocycles. The molecular weight excluding hydrogens is 636 g/mol. The van der Waals surface area contributed by atoms with Crippen LogP contribution in [0.4, 0.5) is 5.82 Å². The van der Waals surface area contributed by atoms with Gasteiger partial charge in [-0.1, -0.05) is 0 Å². The van der Waals surface area contributed by atoms with Crippen LogP contribution in [-0.4, -0.2) is 120 Å². The maximum atomic E-state index is 12.8. The molecule has 1 aliphatic carbocycles. The third kappa shape index (κ3) is 9.57. The molecule has 0 aromatic carbocycles. The Morgan fingerprint density at radius 3 is 2.48 bits per heavy atom. The number of nitrogens with zero attached hydrogens (tertiary/aromatic N) is 2. The summed E-state index contributed by atoms with van der Waals surface area (Å²) in [6.07, 6.45) is -9.49. The Hall–Kier alpha value is -1.87. The number of hydrogen-bond acceptors (Lipinski definition) is 16. The van der Waals surface area contributed by atoms with Crippen LogP contribution in [0.2, 0.25) is 0 Å². The van der Waals surface area contributed by atoms with Crippen LogP contribution in [0.15, 0.2) is 17.1 Å². The summed E-state index contributed by atoms with van der Waals surface area (Å²) in [5.74, 6) is -1.75. The number of carbonyl (C=O) groups excluding carboxylic acids is 1. The van der Waals surface area contributed by atoms with Gasteiger partial charge in [-0.25, -0.2) is 13.9 Å². The smallest absolute Gasteiger partial charge is 0.396 e. The average Bonchev–Trinajstić information content (AvgIpc) is 3.22. The minimum Gasteiger partial charge on any atom is -0.396 e. The first-order valence-corrected chi connectivity index (χ1v) is 16.5. The number of nitrogens with one attached hydrogen (secondary N) is 2. The number of anilines is 1. The molecule has 2 aliphatic rings. The lowest BCUT2D eigenvalue weighted by atomic mass is 9.79. The normalized spacial score (nSPS) is 33.4. The number of aliphatic hydroxyl groups is 5. The Morgan fingerprint density at radius 1 is 1.14 bits per heavy atom. The SMILES string of the molecule is CNCCCCC(=O)NC1[C@@H](OP(=O)(O)OP(=O)(O)OCC2OC(n3ccc(N)nc3=O)C(O)C2O)CC(CO)[C@H](O)[C@@H]1O. The van der Waals surface area contributed by atoms with E-state index in [1.54, 1.807) is 7.05 Å². The van der Waals surface area contributed by atoms with E-state index in [2.05, 4.69) is 24.5 Å². The van der Waals surface area contributed by atoms with Crippen molar-refractivity contribution in [1.82, 2.24) is 20.2 Å². The number of aromatic nitrogens is 2. The minimum absolute atomic E-state index is 0.0121. The number of phosphoric acid groups is 2. The zero-order valence-electron chi connectivity index (χ0n) is 23.6. The summed E-state index contributed by atoms with van der Waals surface area (Å²) in [5.41, 5.74) is 4.50. The van der Waals surface area contributed by atoms with Gasteiger partial charge < -0.3 is 56.4 Å². The zero-order valence-corrected chi connectivity index (χ0v) is 25.4. The second kappa shape index (κ2) is 15.6. The van der Waals surface area contributed by atoms with Crippen LogP contribution in [0.5, 0.6) is 0 Å². The molecule has 0 bridgehead atoms. The number of nitrogen functional groups attached to an aromatic ring is 1. The van der Waals surface area contributed by atoms with Gasteiger partial charge >= 0.3 is 21.3 Å². The molecule has 0 spiro atoms. The van der Waals surface area contributed by atoms with Crippen molar-refractivity contribution in [2.75, 3.05) is 32.5 Å². The van der Waals surface area contributed by atoms with E-state index in [0.29, 0.717) is 19.4 Å². The van der Waals surface area contributed by atoms with E-state index in [0.717, 1.165) is 10.8 Å². The van der Waals surface area contributed by atoms with Crippen molar-refractivity contribution in [1.29, 1.82) is 0 Å². The van der Waals surface area contributed by atoms with Gasteiger partial charge in [0, 0.05) is 25.1 Å². The van der Waals surface area contributed by atoms with Crippen molar-refractivity contribution in [3.05, 3.63) is 22.7 Å². The molecule has 20 nitrogen and oxygen atoms in total. The third-order valence-corrected chi connectivity index (χ3v) is 9.78. The highest BCUT2D eigenvalue weighted by Gasteiger charge is 2.49. The van der Waals surface area contributed by atoms with Gasteiger partial charge in [0.2, 0.25) is 5.91 Å². The summed E-state index contributed by atoms with van der Waals surface area (Å²) in [6.45, 7) is -1.01.